The van der Waals surface area contributed by atoms with Crippen LogP contribution in [-0.4, -0.2) is 29.2 Å². The van der Waals surface area contributed by atoms with E-state index in [2.05, 4.69) is 47.3 Å². The van der Waals surface area contributed by atoms with Gasteiger partial charge in [0, 0.05) is 35.8 Å². The maximum atomic E-state index is 14.7. The van der Waals surface area contributed by atoms with Gasteiger partial charge >= 0.3 is 0 Å². The van der Waals surface area contributed by atoms with Gasteiger partial charge in [0.1, 0.15) is 5.82 Å². The molecular weight excluding hydrogens is 343 g/mol. The van der Waals surface area contributed by atoms with Gasteiger partial charge in [0.2, 0.25) is 0 Å². The molecule has 1 aliphatic heterocycles. The topological polar surface area (TPSA) is 57.6 Å². The molecule has 2 aromatic rings. The number of fused-ring (bicyclic) bond motifs is 1. The second kappa shape index (κ2) is 7.31. The number of carbonyl (C=O) groups excluding carboxylic acids is 1. The van der Waals surface area contributed by atoms with Crippen LogP contribution in [0, 0.1) is 5.82 Å². The highest BCUT2D eigenvalue weighted by Crippen LogP contribution is 2.39. The standard InChI is InChI=1S/C21H23FN4O/c1-5-26-19-10-18(22)16(9-17(19)14(2)11-21(26,3)4)13-24-25-20(27)15-7-6-8-23-12-15/h6-13H,5H2,1-4H3,(H,25,27)/b24-13-. The van der Waals surface area contributed by atoms with E-state index in [4.69, 9.17) is 0 Å². The van der Waals surface area contributed by atoms with Gasteiger partial charge in [0.15, 0.2) is 0 Å². The first-order valence-corrected chi connectivity index (χ1v) is 8.88. The predicted molar refractivity (Wildman–Crippen MR) is 106 cm³/mol. The number of rotatable bonds is 4. The van der Waals surface area contributed by atoms with Crippen LogP contribution >= 0.6 is 0 Å². The van der Waals surface area contributed by atoms with Crippen LogP contribution in [0.1, 0.15) is 49.2 Å². The van der Waals surface area contributed by atoms with Crippen molar-refractivity contribution in [2.75, 3.05) is 11.4 Å². The number of halogens is 1. The largest absolute Gasteiger partial charge is 0.363 e. The second-order valence-corrected chi connectivity index (χ2v) is 7.06. The van der Waals surface area contributed by atoms with E-state index >= 15 is 0 Å². The van der Waals surface area contributed by atoms with Gasteiger partial charge in [-0.3, -0.25) is 9.78 Å². The molecule has 1 amide bonds. The fraction of sp³-hybridized carbons (Fsp3) is 0.286. The number of benzene rings is 1. The minimum absolute atomic E-state index is 0.175. The Bertz CT molecular complexity index is 919. The van der Waals surface area contributed by atoms with E-state index < -0.39 is 5.91 Å². The molecule has 0 atom stereocenters. The Morgan fingerprint density at radius 2 is 2.19 bits per heavy atom. The molecule has 0 bridgehead atoms. The van der Waals surface area contributed by atoms with E-state index in [9.17, 15) is 9.18 Å². The number of anilines is 1. The molecule has 0 unspecified atom stereocenters. The van der Waals surface area contributed by atoms with Crippen molar-refractivity contribution in [3.8, 4) is 0 Å². The van der Waals surface area contributed by atoms with Gasteiger partial charge in [0.05, 0.1) is 17.3 Å². The second-order valence-electron chi connectivity index (χ2n) is 7.06. The zero-order valence-electron chi connectivity index (χ0n) is 16.0. The summed E-state index contributed by atoms with van der Waals surface area (Å²) in [5.41, 5.74) is 5.87. The minimum Gasteiger partial charge on any atom is -0.363 e. The first kappa shape index (κ1) is 18.8. The normalized spacial score (nSPS) is 15.4. The van der Waals surface area contributed by atoms with Crippen LogP contribution in [0.25, 0.3) is 5.57 Å². The quantitative estimate of drug-likeness (QED) is 0.657. The smallest absolute Gasteiger partial charge is 0.272 e. The van der Waals surface area contributed by atoms with E-state index in [0.717, 1.165) is 23.4 Å². The molecule has 0 fully saturated rings. The molecule has 0 saturated carbocycles. The lowest BCUT2D eigenvalue weighted by molar-refractivity contribution is 0.0954. The number of likely N-dealkylation sites (N-methyl/N-ethyl adjacent to an activating group) is 1. The number of carbonyl (C=O) groups is 1. The van der Waals surface area contributed by atoms with Crippen LogP contribution in [0.5, 0.6) is 0 Å². The Balaban J connectivity index is 1.86. The number of hydrogen-bond acceptors (Lipinski definition) is 4. The number of hydrazone groups is 1. The molecule has 27 heavy (non-hydrogen) atoms. The van der Waals surface area contributed by atoms with Gasteiger partial charge in [-0.25, -0.2) is 9.82 Å². The highest BCUT2D eigenvalue weighted by atomic mass is 19.1. The van der Waals surface area contributed by atoms with Gasteiger partial charge in [0.25, 0.3) is 5.91 Å². The molecule has 0 radical (unpaired) electrons. The molecule has 140 valence electrons. The number of allylic oxidation sites excluding steroid dienone is 1. The third-order valence-electron chi connectivity index (χ3n) is 4.71. The summed E-state index contributed by atoms with van der Waals surface area (Å²) in [4.78, 5) is 18.0. The molecular formula is C21H23FN4O. The fourth-order valence-electron chi connectivity index (χ4n) is 3.51. The predicted octanol–water partition coefficient (Wildman–Crippen LogP) is 4.01. The van der Waals surface area contributed by atoms with Gasteiger partial charge in [-0.2, -0.15) is 5.10 Å². The zero-order valence-corrected chi connectivity index (χ0v) is 16.0. The highest BCUT2D eigenvalue weighted by molar-refractivity contribution is 5.95. The fourth-order valence-corrected chi connectivity index (χ4v) is 3.51. The van der Waals surface area contributed by atoms with E-state index in [1.807, 2.05) is 6.92 Å². The maximum absolute atomic E-state index is 14.7. The minimum atomic E-state index is -0.396. The van der Waals surface area contributed by atoms with Crippen molar-refractivity contribution in [2.24, 2.45) is 5.10 Å². The van der Waals surface area contributed by atoms with Crippen molar-refractivity contribution in [1.29, 1.82) is 0 Å². The summed E-state index contributed by atoms with van der Waals surface area (Å²) in [6.45, 7) is 9.09. The molecule has 0 spiro atoms. The van der Waals surface area contributed by atoms with Crippen molar-refractivity contribution < 1.29 is 9.18 Å². The molecule has 1 aliphatic rings. The van der Waals surface area contributed by atoms with Crippen molar-refractivity contribution in [1.82, 2.24) is 10.4 Å². The van der Waals surface area contributed by atoms with Crippen LogP contribution < -0.4 is 10.3 Å². The Morgan fingerprint density at radius 1 is 1.41 bits per heavy atom. The van der Waals surface area contributed by atoms with Crippen molar-refractivity contribution >= 4 is 23.4 Å². The SMILES string of the molecule is CCN1c2cc(F)c(/C=N\NC(=O)c3cccnc3)cc2C(C)=CC1(C)C. The van der Waals surface area contributed by atoms with Crippen molar-refractivity contribution in [3.05, 3.63) is 65.2 Å². The molecule has 0 aliphatic carbocycles. The van der Waals surface area contributed by atoms with Crippen LogP contribution in [0.2, 0.25) is 0 Å². The molecule has 1 aromatic carbocycles. The lowest BCUT2D eigenvalue weighted by atomic mass is 9.88. The molecule has 2 heterocycles. The number of aromatic nitrogens is 1. The Labute approximate surface area is 158 Å². The van der Waals surface area contributed by atoms with Crippen molar-refractivity contribution in [2.45, 2.75) is 33.2 Å². The average Bonchev–Trinajstić information content (AvgIpc) is 2.63. The number of nitrogens with zero attached hydrogens (tertiary/aromatic N) is 3. The zero-order chi connectivity index (χ0) is 19.6. The third-order valence-corrected chi connectivity index (χ3v) is 4.71. The van der Waals surface area contributed by atoms with Crippen molar-refractivity contribution in [3.63, 3.8) is 0 Å². The van der Waals surface area contributed by atoms with Crippen LogP contribution in [0.4, 0.5) is 10.1 Å². The van der Waals surface area contributed by atoms with E-state index in [-0.39, 0.29) is 11.4 Å². The Hall–Kier alpha value is -3.02. The maximum Gasteiger partial charge on any atom is 0.272 e. The number of nitrogens with one attached hydrogen (secondary N) is 1. The number of pyridine rings is 1. The van der Waals surface area contributed by atoms with E-state index in [1.165, 1.54) is 12.4 Å². The van der Waals surface area contributed by atoms with Gasteiger partial charge in [-0.05, 0) is 57.5 Å². The van der Waals surface area contributed by atoms with Gasteiger partial charge in [-0.15, -0.1) is 0 Å². The summed E-state index contributed by atoms with van der Waals surface area (Å²) in [6.07, 6.45) is 6.54. The van der Waals surface area contributed by atoms with Gasteiger partial charge < -0.3 is 4.90 Å². The molecule has 1 N–H and O–H groups in total. The van der Waals surface area contributed by atoms with Gasteiger partial charge in [-0.1, -0.05) is 6.08 Å². The molecule has 0 saturated heterocycles. The summed E-state index contributed by atoms with van der Waals surface area (Å²) in [6, 6.07) is 6.61. The van der Waals surface area contributed by atoms with Crippen LogP contribution in [0.15, 0.2) is 47.8 Å². The lowest BCUT2D eigenvalue weighted by Gasteiger charge is -2.42. The number of amides is 1. The molecule has 3 rings (SSSR count). The summed E-state index contributed by atoms with van der Waals surface area (Å²) in [7, 11) is 0. The summed E-state index contributed by atoms with van der Waals surface area (Å²) >= 11 is 0. The van der Waals surface area contributed by atoms with E-state index in [0.29, 0.717) is 11.1 Å². The monoisotopic (exact) mass is 366 g/mol. The Morgan fingerprint density at radius 3 is 2.85 bits per heavy atom. The summed E-state index contributed by atoms with van der Waals surface area (Å²) in [5.74, 6) is -0.773. The first-order chi connectivity index (χ1) is 12.8. The number of hydrogen-bond donors (Lipinski definition) is 1. The third kappa shape index (κ3) is 3.74. The first-order valence-electron chi connectivity index (χ1n) is 8.88. The molecule has 5 nitrogen and oxygen atoms in total. The lowest BCUT2D eigenvalue weighted by Crippen LogP contribution is -2.45. The van der Waals surface area contributed by atoms with Crippen LogP contribution in [0.3, 0.4) is 0 Å². The molecule has 1 aromatic heterocycles. The summed E-state index contributed by atoms with van der Waals surface area (Å²) < 4.78 is 14.7. The summed E-state index contributed by atoms with van der Waals surface area (Å²) in [5, 5.41) is 3.90. The molecule has 6 heteroatoms. The highest BCUT2D eigenvalue weighted by Gasteiger charge is 2.30. The van der Waals surface area contributed by atoms with Crippen LogP contribution in [-0.2, 0) is 0 Å². The van der Waals surface area contributed by atoms with E-state index in [1.54, 1.807) is 30.5 Å². The Kier molecular flexibility index (Phi) is 5.08. The average molecular weight is 366 g/mol.